The predicted octanol–water partition coefficient (Wildman–Crippen LogP) is 2.52. The average Bonchev–Trinajstić information content (AvgIpc) is 2.67. The van der Waals surface area contributed by atoms with Crippen LogP contribution in [0.4, 0.5) is 0 Å². The summed E-state index contributed by atoms with van der Waals surface area (Å²) < 4.78 is 6.12. The number of rotatable bonds is 10. The predicted molar refractivity (Wildman–Crippen MR) is 95.9 cm³/mol. The molecule has 24 heavy (non-hydrogen) atoms. The standard InChI is InChI=1S/C20H27NO3/c1-2-20(15-22,16-23)21-13-14-24-19(17-9-5-3-6-10-17)18-11-7-4-8-12-18/h3-12,19,21-23H,2,13-16H2,1H3. The van der Waals surface area contributed by atoms with E-state index < -0.39 is 5.54 Å². The normalized spacial score (nSPS) is 11.8. The van der Waals surface area contributed by atoms with Gasteiger partial charge in [-0.3, -0.25) is 0 Å². The molecule has 2 aromatic carbocycles. The van der Waals surface area contributed by atoms with Gasteiger partial charge in [-0.15, -0.1) is 0 Å². The number of hydrogen-bond donors (Lipinski definition) is 3. The maximum absolute atomic E-state index is 9.48. The third-order valence-corrected chi connectivity index (χ3v) is 4.37. The molecule has 0 spiro atoms. The topological polar surface area (TPSA) is 61.7 Å². The Hall–Kier alpha value is -1.72. The van der Waals surface area contributed by atoms with Crippen LogP contribution in [-0.4, -0.2) is 42.1 Å². The molecule has 0 amide bonds. The van der Waals surface area contributed by atoms with Crippen LogP contribution < -0.4 is 5.32 Å². The number of aliphatic hydroxyl groups is 2. The lowest BCUT2D eigenvalue weighted by molar-refractivity contribution is 0.0541. The SMILES string of the molecule is CCC(CO)(CO)NCCOC(c1ccccc1)c1ccccc1. The highest BCUT2D eigenvalue weighted by molar-refractivity contribution is 5.29. The van der Waals surface area contributed by atoms with E-state index in [1.54, 1.807) is 0 Å². The Kier molecular flexibility index (Phi) is 7.40. The monoisotopic (exact) mass is 329 g/mol. The second-order valence-electron chi connectivity index (χ2n) is 5.95. The van der Waals surface area contributed by atoms with E-state index in [4.69, 9.17) is 4.74 Å². The van der Waals surface area contributed by atoms with Crippen LogP contribution in [0.2, 0.25) is 0 Å². The molecule has 0 fully saturated rings. The first-order valence-corrected chi connectivity index (χ1v) is 8.43. The van der Waals surface area contributed by atoms with Crippen molar-refractivity contribution in [3.8, 4) is 0 Å². The first-order chi connectivity index (χ1) is 11.7. The Labute approximate surface area is 144 Å². The molecule has 0 bridgehead atoms. The van der Waals surface area contributed by atoms with Crippen molar-refractivity contribution >= 4 is 0 Å². The molecule has 0 heterocycles. The highest BCUT2D eigenvalue weighted by atomic mass is 16.5. The first kappa shape index (κ1) is 18.6. The summed E-state index contributed by atoms with van der Waals surface area (Å²) in [6, 6.07) is 20.2. The third-order valence-electron chi connectivity index (χ3n) is 4.37. The van der Waals surface area contributed by atoms with Crippen molar-refractivity contribution in [3.05, 3.63) is 71.8 Å². The second kappa shape index (κ2) is 9.55. The third kappa shape index (κ3) is 4.89. The number of hydrogen-bond acceptors (Lipinski definition) is 4. The molecule has 4 heteroatoms. The number of nitrogens with one attached hydrogen (secondary N) is 1. The highest BCUT2D eigenvalue weighted by Gasteiger charge is 2.25. The summed E-state index contributed by atoms with van der Waals surface area (Å²) >= 11 is 0. The van der Waals surface area contributed by atoms with Crippen LogP contribution in [0.5, 0.6) is 0 Å². The minimum atomic E-state index is -0.641. The van der Waals surface area contributed by atoms with E-state index in [-0.39, 0.29) is 19.3 Å². The van der Waals surface area contributed by atoms with E-state index in [0.29, 0.717) is 19.6 Å². The van der Waals surface area contributed by atoms with E-state index >= 15 is 0 Å². The van der Waals surface area contributed by atoms with Gasteiger partial charge in [0.25, 0.3) is 0 Å². The Bertz CT molecular complexity index is 522. The van der Waals surface area contributed by atoms with Gasteiger partial charge in [0.2, 0.25) is 0 Å². The molecule has 0 saturated carbocycles. The van der Waals surface area contributed by atoms with Gasteiger partial charge in [-0.2, -0.15) is 0 Å². The van der Waals surface area contributed by atoms with Crippen LogP contribution in [0.25, 0.3) is 0 Å². The van der Waals surface area contributed by atoms with Gasteiger partial charge in [0, 0.05) is 6.54 Å². The molecule has 0 radical (unpaired) electrons. The van der Waals surface area contributed by atoms with Gasteiger partial charge in [0.1, 0.15) is 6.10 Å². The Morgan fingerprint density at radius 3 is 1.83 bits per heavy atom. The van der Waals surface area contributed by atoms with Crippen molar-refractivity contribution < 1.29 is 14.9 Å². The Balaban J connectivity index is 2.00. The van der Waals surface area contributed by atoms with Crippen molar-refractivity contribution in [2.75, 3.05) is 26.4 Å². The quantitative estimate of drug-likeness (QED) is 0.586. The second-order valence-corrected chi connectivity index (χ2v) is 5.95. The molecule has 0 aliphatic carbocycles. The van der Waals surface area contributed by atoms with E-state index in [0.717, 1.165) is 11.1 Å². The molecule has 0 unspecified atom stereocenters. The summed E-state index contributed by atoms with van der Waals surface area (Å²) in [5.41, 5.74) is 1.57. The summed E-state index contributed by atoms with van der Waals surface area (Å²) in [4.78, 5) is 0. The van der Waals surface area contributed by atoms with Crippen molar-refractivity contribution in [2.24, 2.45) is 0 Å². The Morgan fingerprint density at radius 1 is 0.917 bits per heavy atom. The molecular weight excluding hydrogens is 302 g/mol. The van der Waals surface area contributed by atoms with Crippen LogP contribution >= 0.6 is 0 Å². The van der Waals surface area contributed by atoms with Gasteiger partial charge in [-0.05, 0) is 17.5 Å². The fourth-order valence-electron chi connectivity index (χ4n) is 2.64. The van der Waals surface area contributed by atoms with Crippen molar-refractivity contribution in [3.63, 3.8) is 0 Å². The average molecular weight is 329 g/mol. The van der Waals surface area contributed by atoms with Crippen LogP contribution in [0, 0.1) is 0 Å². The lowest BCUT2D eigenvalue weighted by Gasteiger charge is -2.30. The van der Waals surface area contributed by atoms with Gasteiger partial charge in [0.05, 0.1) is 25.4 Å². The molecule has 3 N–H and O–H groups in total. The van der Waals surface area contributed by atoms with Crippen LogP contribution in [0.1, 0.15) is 30.6 Å². The fraction of sp³-hybridized carbons (Fsp3) is 0.400. The zero-order valence-electron chi connectivity index (χ0n) is 14.2. The Morgan fingerprint density at radius 2 is 1.42 bits per heavy atom. The number of aliphatic hydroxyl groups excluding tert-OH is 2. The van der Waals surface area contributed by atoms with Crippen LogP contribution in [-0.2, 0) is 4.74 Å². The van der Waals surface area contributed by atoms with Gasteiger partial charge in [-0.1, -0.05) is 67.6 Å². The van der Waals surface area contributed by atoms with Gasteiger partial charge in [-0.25, -0.2) is 0 Å². The van der Waals surface area contributed by atoms with Gasteiger partial charge >= 0.3 is 0 Å². The zero-order chi connectivity index (χ0) is 17.3. The van der Waals surface area contributed by atoms with Crippen molar-refractivity contribution in [1.82, 2.24) is 5.32 Å². The number of ether oxygens (including phenoxy) is 1. The van der Waals surface area contributed by atoms with Gasteiger partial charge in [0.15, 0.2) is 0 Å². The minimum Gasteiger partial charge on any atom is -0.394 e. The molecule has 0 aliphatic heterocycles. The molecule has 4 nitrogen and oxygen atoms in total. The smallest absolute Gasteiger partial charge is 0.108 e. The van der Waals surface area contributed by atoms with Gasteiger partial charge < -0.3 is 20.3 Å². The molecule has 2 aromatic rings. The summed E-state index contributed by atoms with van der Waals surface area (Å²) in [5, 5.41) is 22.2. The molecule has 0 aromatic heterocycles. The zero-order valence-corrected chi connectivity index (χ0v) is 14.2. The van der Waals surface area contributed by atoms with Crippen molar-refractivity contribution in [2.45, 2.75) is 25.0 Å². The van der Waals surface area contributed by atoms with Crippen LogP contribution in [0.3, 0.4) is 0 Å². The summed E-state index contributed by atoms with van der Waals surface area (Å²) in [7, 11) is 0. The molecular formula is C20H27NO3. The summed E-state index contributed by atoms with van der Waals surface area (Å²) in [6.45, 7) is 2.79. The van der Waals surface area contributed by atoms with Crippen LogP contribution in [0.15, 0.2) is 60.7 Å². The fourth-order valence-corrected chi connectivity index (χ4v) is 2.64. The molecule has 2 rings (SSSR count). The maximum Gasteiger partial charge on any atom is 0.108 e. The van der Waals surface area contributed by atoms with E-state index in [1.807, 2.05) is 43.3 Å². The maximum atomic E-state index is 9.48. The minimum absolute atomic E-state index is 0.0964. The highest BCUT2D eigenvalue weighted by Crippen LogP contribution is 2.25. The summed E-state index contributed by atoms with van der Waals surface area (Å²) in [5.74, 6) is 0. The van der Waals surface area contributed by atoms with E-state index in [2.05, 4.69) is 29.6 Å². The largest absolute Gasteiger partial charge is 0.394 e. The van der Waals surface area contributed by atoms with Crippen molar-refractivity contribution in [1.29, 1.82) is 0 Å². The lowest BCUT2D eigenvalue weighted by Crippen LogP contribution is -2.52. The molecule has 0 aliphatic rings. The van der Waals surface area contributed by atoms with E-state index in [1.165, 1.54) is 0 Å². The number of benzene rings is 2. The van der Waals surface area contributed by atoms with E-state index in [9.17, 15) is 10.2 Å². The molecule has 0 atom stereocenters. The molecule has 130 valence electrons. The first-order valence-electron chi connectivity index (χ1n) is 8.43. The summed E-state index contributed by atoms with van der Waals surface area (Å²) in [6.07, 6.45) is 0.523. The lowest BCUT2D eigenvalue weighted by atomic mass is 9.98. The molecule has 0 saturated heterocycles.